The van der Waals surface area contributed by atoms with Gasteiger partial charge in [-0.05, 0) is 62.5 Å². The molecule has 2 heterocycles. The van der Waals surface area contributed by atoms with Crippen LogP contribution in [0.5, 0.6) is 11.6 Å². The third-order valence-corrected chi connectivity index (χ3v) is 12.2. The first-order chi connectivity index (χ1) is 24.5. The number of hydrogen-bond acceptors (Lipinski definition) is 11. The van der Waals surface area contributed by atoms with Crippen LogP contribution in [0.4, 0.5) is 4.79 Å². The van der Waals surface area contributed by atoms with E-state index in [0.717, 1.165) is 25.7 Å². The largest absolute Gasteiger partial charge is 0.497 e. The van der Waals surface area contributed by atoms with E-state index in [1.165, 1.54) is 18.1 Å². The van der Waals surface area contributed by atoms with Crippen LogP contribution >= 0.6 is 11.6 Å². The van der Waals surface area contributed by atoms with E-state index in [1.807, 2.05) is 0 Å². The zero-order valence-electron chi connectivity index (χ0n) is 29.6. The van der Waals surface area contributed by atoms with Crippen molar-refractivity contribution in [2.45, 2.75) is 107 Å². The van der Waals surface area contributed by atoms with E-state index in [2.05, 4.69) is 31.9 Å². The number of carbonyl (C=O) groups excluding carboxylic acids is 4. The van der Waals surface area contributed by atoms with E-state index in [-0.39, 0.29) is 36.5 Å². The number of amides is 4. The van der Waals surface area contributed by atoms with E-state index < -0.39 is 74.1 Å². The molecule has 15 nitrogen and oxygen atoms in total. The topological polar surface area (TPSA) is 195 Å². The van der Waals surface area contributed by atoms with E-state index in [4.69, 9.17) is 25.8 Å². The molecule has 4 aliphatic rings. The number of benzene rings is 1. The molecule has 1 aromatic heterocycles. The Morgan fingerprint density at radius 3 is 2.40 bits per heavy atom. The van der Waals surface area contributed by atoms with E-state index in [9.17, 15) is 27.6 Å². The molecule has 3 saturated carbocycles. The summed E-state index contributed by atoms with van der Waals surface area (Å²) in [6.45, 7) is 8.98. The van der Waals surface area contributed by atoms with Crippen LogP contribution in [0.3, 0.4) is 0 Å². The Bertz CT molecular complexity index is 1880. The van der Waals surface area contributed by atoms with Gasteiger partial charge in [-0.25, -0.2) is 23.2 Å². The van der Waals surface area contributed by atoms with Crippen molar-refractivity contribution >= 4 is 56.5 Å². The quantitative estimate of drug-likeness (QED) is 0.269. The number of aromatic nitrogens is 2. The Kier molecular flexibility index (Phi) is 10.4. The molecule has 4 fully saturated rings. The second-order valence-electron chi connectivity index (χ2n) is 15.1. The Morgan fingerprint density at radius 1 is 1.08 bits per heavy atom. The fourth-order valence-corrected chi connectivity index (χ4v) is 8.42. The molecule has 3 aliphatic carbocycles. The molecule has 52 heavy (non-hydrogen) atoms. The minimum Gasteiger partial charge on any atom is -0.497 e. The fraction of sp³-hybridized carbons (Fsp3) is 0.600. The van der Waals surface area contributed by atoms with Gasteiger partial charge in [-0.15, -0.1) is 6.58 Å². The van der Waals surface area contributed by atoms with Crippen LogP contribution in [0.15, 0.2) is 30.9 Å². The van der Waals surface area contributed by atoms with Crippen LogP contribution in [-0.4, -0.2) is 95.8 Å². The zero-order valence-corrected chi connectivity index (χ0v) is 31.2. The highest BCUT2D eigenvalue weighted by Gasteiger charge is 2.62. The second-order valence-corrected chi connectivity index (χ2v) is 17.4. The highest BCUT2D eigenvalue weighted by Crippen LogP contribution is 2.45. The molecular formula is C35H45ClN6O9S. The average molecular weight is 761 g/mol. The molecule has 17 heteroatoms. The van der Waals surface area contributed by atoms with Crippen molar-refractivity contribution in [3.05, 3.63) is 36.0 Å². The number of carbonyl (C=O) groups is 4. The maximum atomic E-state index is 14.5. The van der Waals surface area contributed by atoms with Gasteiger partial charge in [-0.2, -0.15) is 0 Å². The summed E-state index contributed by atoms with van der Waals surface area (Å²) in [6.07, 6.45) is 4.03. The number of fused-ring (bicyclic) bond motifs is 1. The number of halogens is 1. The smallest absolute Gasteiger partial charge is 0.408 e. The molecule has 5 atom stereocenters. The summed E-state index contributed by atoms with van der Waals surface area (Å²) in [5.41, 5.74) is -1.46. The number of nitrogens with one attached hydrogen (secondary N) is 3. The number of nitrogens with zero attached hydrogens (tertiary/aromatic N) is 3. The summed E-state index contributed by atoms with van der Waals surface area (Å²) in [5.74, 6) is -2.17. The third-order valence-electron chi connectivity index (χ3n) is 10.1. The number of methoxy groups -OCH3 is 1. The molecule has 1 aromatic carbocycles. The first-order valence-corrected chi connectivity index (χ1v) is 19.4. The lowest BCUT2D eigenvalue weighted by molar-refractivity contribution is -0.143. The SMILES string of the molecule is C=C[C@@H]1C[C@]1(NC(=O)[C@@H]1C[C@@H](Oc2nc3cc(OC)ccc3nc2Cl)CN1C(=O)[C@@H](NC(=O)OC1CCCC1)C(C)(C)C)C(=O)NS(=O)(=O)C1CC1. The number of likely N-dealkylation sites (tertiary alicyclic amines) is 1. The van der Waals surface area contributed by atoms with Crippen LogP contribution in [0.2, 0.25) is 5.15 Å². The molecular weight excluding hydrogens is 716 g/mol. The number of rotatable bonds is 12. The standard InChI is InChI=1S/C35H45ClN6O9S/c1-6-19-17-35(19,32(45)41-52(47,48)23-12-13-23)40-29(43)26-16-22(50-30-28(36)37-24-14-11-21(49-5)15-25(24)38-30)18-42(26)31(44)27(34(2,3)4)39-33(46)51-20-9-7-8-10-20/h6,11,14-15,19-20,22-23,26-27H,1,7-10,12-13,16-18H2,2-5H3,(H,39,46)(H,40,43)(H,41,45)/t19-,22-,26+,27-,35-/m1/s1. The molecule has 3 N–H and O–H groups in total. The summed E-state index contributed by atoms with van der Waals surface area (Å²) in [4.78, 5) is 65.4. The normalized spacial score (nSPS) is 25.2. The Balaban J connectivity index is 1.27. The lowest BCUT2D eigenvalue weighted by Crippen LogP contribution is -2.60. The second kappa shape index (κ2) is 14.3. The van der Waals surface area contributed by atoms with Crippen molar-refractivity contribution < 1.29 is 41.8 Å². The molecule has 1 aliphatic heterocycles. The third kappa shape index (κ3) is 7.92. The van der Waals surface area contributed by atoms with Gasteiger partial charge >= 0.3 is 6.09 Å². The molecule has 6 rings (SSSR count). The summed E-state index contributed by atoms with van der Waals surface area (Å²) >= 11 is 6.48. The predicted molar refractivity (Wildman–Crippen MR) is 190 cm³/mol. The predicted octanol–water partition coefficient (Wildman–Crippen LogP) is 3.39. The molecule has 2 aromatic rings. The number of sulfonamides is 1. The van der Waals surface area contributed by atoms with E-state index in [1.54, 1.807) is 39.0 Å². The van der Waals surface area contributed by atoms with Crippen molar-refractivity contribution in [1.82, 2.24) is 30.2 Å². The van der Waals surface area contributed by atoms with E-state index in [0.29, 0.717) is 29.6 Å². The molecule has 0 unspecified atom stereocenters. The van der Waals surface area contributed by atoms with Crippen molar-refractivity contribution in [3.8, 4) is 11.6 Å². The van der Waals surface area contributed by atoms with Gasteiger partial charge in [0.25, 0.3) is 11.8 Å². The lowest BCUT2D eigenvalue weighted by Gasteiger charge is -2.35. The fourth-order valence-electron chi connectivity index (χ4n) is 6.87. The molecule has 282 valence electrons. The molecule has 0 radical (unpaired) electrons. The summed E-state index contributed by atoms with van der Waals surface area (Å²) in [5, 5.41) is 4.81. The van der Waals surface area contributed by atoms with Gasteiger partial charge in [0, 0.05) is 18.4 Å². The zero-order chi connectivity index (χ0) is 37.6. The molecule has 1 saturated heterocycles. The molecule has 0 spiro atoms. The van der Waals surface area contributed by atoms with Crippen LogP contribution in [0, 0.1) is 11.3 Å². The monoisotopic (exact) mass is 760 g/mol. The number of alkyl carbamates (subject to hydrolysis) is 1. The van der Waals surface area contributed by atoms with Gasteiger partial charge in [0.15, 0.2) is 5.15 Å². The van der Waals surface area contributed by atoms with Gasteiger partial charge in [-0.3, -0.25) is 19.1 Å². The lowest BCUT2D eigenvalue weighted by atomic mass is 9.85. The Morgan fingerprint density at radius 2 is 1.79 bits per heavy atom. The molecule has 4 amide bonds. The van der Waals surface area contributed by atoms with E-state index >= 15 is 0 Å². The highest BCUT2D eigenvalue weighted by molar-refractivity contribution is 7.91. The van der Waals surface area contributed by atoms with Crippen LogP contribution < -0.4 is 24.8 Å². The van der Waals surface area contributed by atoms with Crippen molar-refractivity contribution in [2.24, 2.45) is 11.3 Å². The highest BCUT2D eigenvalue weighted by atomic mass is 35.5. The van der Waals surface area contributed by atoms with Crippen LogP contribution in [0.25, 0.3) is 11.0 Å². The Hall–Kier alpha value is -4.18. The number of ether oxygens (including phenoxy) is 3. The van der Waals surface area contributed by atoms with Crippen LogP contribution in [-0.2, 0) is 29.1 Å². The maximum absolute atomic E-state index is 14.5. The first-order valence-electron chi connectivity index (χ1n) is 17.5. The van der Waals surface area contributed by atoms with Gasteiger partial charge < -0.3 is 29.7 Å². The van der Waals surface area contributed by atoms with Gasteiger partial charge in [0.2, 0.25) is 21.8 Å². The van der Waals surface area contributed by atoms with Gasteiger partial charge in [0.1, 0.15) is 35.6 Å². The Labute approximate surface area is 307 Å². The molecule has 0 bridgehead atoms. The first kappa shape index (κ1) is 37.6. The summed E-state index contributed by atoms with van der Waals surface area (Å²) < 4.78 is 44.6. The van der Waals surface area contributed by atoms with Crippen molar-refractivity contribution in [3.63, 3.8) is 0 Å². The summed E-state index contributed by atoms with van der Waals surface area (Å²) in [7, 11) is -2.39. The van der Waals surface area contributed by atoms with Gasteiger partial charge in [0.05, 0.1) is 29.9 Å². The summed E-state index contributed by atoms with van der Waals surface area (Å²) in [6, 6.07) is 2.76. The van der Waals surface area contributed by atoms with Crippen molar-refractivity contribution in [2.75, 3.05) is 13.7 Å². The van der Waals surface area contributed by atoms with Crippen LogP contribution in [0.1, 0.15) is 72.1 Å². The van der Waals surface area contributed by atoms with Gasteiger partial charge in [-0.1, -0.05) is 38.4 Å². The van der Waals surface area contributed by atoms with Crippen molar-refractivity contribution in [1.29, 1.82) is 0 Å². The minimum absolute atomic E-state index is 0.0263. The number of hydrogen-bond donors (Lipinski definition) is 3. The maximum Gasteiger partial charge on any atom is 0.408 e. The minimum atomic E-state index is -3.91. The average Bonchev–Trinajstić information content (AvgIpc) is 3.97.